The maximum absolute atomic E-state index is 12.9. The maximum atomic E-state index is 12.9. The molecular weight excluding hydrogens is 343 g/mol. The summed E-state index contributed by atoms with van der Waals surface area (Å²) >= 11 is 1.25. The van der Waals surface area contributed by atoms with Crippen molar-refractivity contribution in [3.8, 4) is 6.07 Å². The van der Waals surface area contributed by atoms with E-state index in [1.165, 1.54) is 53.5 Å². The third-order valence-electron chi connectivity index (χ3n) is 3.20. The molecule has 0 aliphatic heterocycles. The fourth-order valence-corrected chi connectivity index (χ4v) is 2.88. The highest BCUT2D eigenvalue weighted by atomic mass is 32.1. The smallest absolute Gasteiger partial charge is 0.266 e. The Morgan fingerprint density at radius 1 is 1.40 bits per heavy atom. The van der Waals surface area contributed by atoms with Gasteiger partial charge in [-0.25, -0.2) is 9.37 Å². The summed E-state index contributed by atoms with van der Waals surface area (Å²) in [4.78, 5) is 29.4. The first-order chi connectivity index (χ1) is 11.9. The van der Waals surface area contributed by atoms with Crippen molar-refractivity contribution in [2.24, 2.45) is 0 Å². The first-order valence-corrected chi connectivity index (χ1v) is 8.25. The van der Waals surface area contributed by atoms with Crippen molar-refractivity contribution in [1.82, 2.24) is 4.98 Å². The Labute approximate surface area is 148 Å². The lowest BCUT2D eigenvalue weighted by atomic mass is 10.2. The predicted molar refractivity (Wildman–Crippen MR) is 94.4 cm³/mol. The molecule has 6 nitrogen and oxygen atoms in total. The highest BCUT2D eigenvalue weighted by Gasteiger charge is 2.15. The van der Waals surface area contributed by atoms with Gasteiger partial charge < -0.3 is 5.32 Å². The Bertz CT molecular complexity index is 852. The summed E-state index contributed by atoms with van der Waals surface area (Å²) < 4.78 is 12.9. The molecule has 2 aromatic rings. The number of hydrogen-bond acceptors (Lipinski definition) is 5. The van der Waals surface area contributed by atoms with Gasteiger partial charge in [0.25, 0.3) is 5.91 Å². The highest BCUT2D eigenvalue weighted by Crippen LogP contribution is 2.22. The molecule has 0 spiro atoms. The third kappa shape index (κ3) is 4.71. The summed E-state index contributed by atoms with van der Waals surface area (Å²) in [6.45, 7) is 3.74. The van der Waals surface area contributed by atoms with E-state index in [1.54, 1.807) is 5.38 Å². The maximum Gasteiger partial charge on any atom is 0.266 e. The van der Waals surface area contributed by atoms with Gasteiger partial charge in [-0.05, 0) is 37.3 Å². The fourth-order valence-electron chi connectivity index (χ4n) is 1.99. The van der Waals surface area contributed by atoms with Crippen LogP contribution in [0.4, 0.5) is 15.2 Å². The van der Waals surface area contributed by atoms with E-state index in [-0.39, 0.29) is 11.5 Å². The first kappa shape index (κ1) is 18.3. The lowest BCUT2D eigenvalue weighted by Gasteiger charge is -2.14. The first-order valence-electron chi connectivity index (χ1n) is 7.37. The number of nitriles is 1. The summed E-state index contributed by atoms with van der Waals surface area (Å²) in [5.41, 5.74) is 0.637. The van der Waals surface area contributed by atoms with Crippen molar-refractivity contribution < 1.29 is 14.0 Å². The van der Waals surface area contributed by atoms with Crippen molar-refractivity contribution in [3.05, 3.63) is 46.7 Å². The molecule has 0 saturated heterocycles. The van der Waals surface area contributed by atoms with Gasteiger partial charge in [0.2, 0.25) is 5.91 Å². The Hall–Kier alpha value is -3.05. The number of hydrogen-bond donors (Lipinski definition) is 1. The molecule has 0 saturated carbocycles. The number of aromatic nitrogens is 1. The predicted octanol–water partition coefficient (Wildman–Crippen LogP) is 3.20. The van der Waals surface area contributed by atoms with Crippen LogP contribution in [-0.4, -0.2) is 23.3 Å². The van der Waals surface area contributed by atoms with Crippen LogP contribution in [0.1, 0.15) is 19.5 Å². The van der Waals surface area contributed by atoms with Crippen LogP contribution in [0.3, 0.4) is 0 Å². The molecule has 128 valence electrons. The molecule has 0 atom stereocenters. The quantitative estimate of drug-likeness (QED) is 0.657. The second-order valence-electron chi connectivity index (χ2n) is 4.95. The number of rotatable bonds is 5. The number of benzene rings is 1. The molecule has 0 unspecified atom stereocenters. The topological polar surface area (TPSA) is 86.1 Å². The molecule has 1 aromatic carbocycles. The molecule has 1 aromatic heterocycles. The van der Waals surface area contributed by atoms with Gasteiger partial charge in [-0.1, -0.05) is 0 Å². The molecular formula is C17H15FN4O2S. The number of carbonyl (C=O) groups is 2. The minimum atomic E-state index is -0.623. The van der Waals surface area contributed by atoms with E-state index in [4.69, 9.17) is 0 Å². The molecule has 0 aliphatic rings. The molecule has 8 heteroatoms. The summed E-state index contributed by atoms with van der Waals surface area (Å²) in [5.74, 6) is -1.18. The van der Waals surface area contributed by atoms with E-state index in [1.807, 2.05) is 13.0 Å². The number of nitrogens with zero attached hydrogens (tertiary/aromatic N) is 3. The van der Waals surface area contributed by atoms with Crippen molar-refractivity contribution in [3.63, 3.8) is 0 Å². The SMILES string of the molecule is CCN(C(C)=O)c1nc(/C=C(\C#N)C(=O)Nc2ccc(F)cc2)cs1. The largest absolute Gasteiger partial charge is 0.321 e. The van der Waals surface area contributed by atoms with Gasteiger partial charge in [-0.3, -0.25) is 14.5 Å². The van der Waals surface area contributed by atoms with Crippen molar-refractivity contribution in [2.75, 3.05) is 16.8 Å². The molecule has 25 heavy (non-hydrogen) atoms. The fraction of sp³-hybridized carbons (Fsp3) is 0.176. The van der Waals surface area contributed by atoms with Crippen LogP contribution in [0.15, 0.2) is 35.2 Å². The molecule has 1 heterocycles. The van der Waals surface area contributed by atoms with Gasteiger partial charge in [0.15, 0.2) is 5.13 Å². The van der Waals surface area contributed by atoms with Crippen molar-refractivity contribution in [1.29, 1.82) is 5.26 Å². The average molecular weight is 358 g/mol. The van der Waals surface area contributed by atoms with E-state index >= 15 is 0 Å². The van der Waals surface area contributed by atoms with Crippen LogP contribution in [0.2, 0.25) is 0 Å². The molecule has 1 N–H and O–H groups in total. The van der Waals surface area contributed by atoms with Gasteiger partial charge >= 0.3 is 0 Å². The summed E-state index contributed by atoms with van der Waals surface area (Å²) in [5, 5.41) is 13.9. The highest BCUT2D eigenvalue weighted by molar-refractivity contribution is 7.14. The van der Waals surface area contributed by atoms with Crippen molar-refractivity contribution in [2.45, 2.75) is 13.8 Å². The van der Waals surface area contributed by atoms with Crippen LogP contribution >= 0.6 is 11.3 Å². The second-order valence-corrected chi connectivity index (χ2v) is 5.79. The van der Waals surface area contributed by atoms with E-state index in [2.05, 4.69) is 10.3 Å². The van der Waals surface area contributed by atoms with Crippen LogP contribution < -0.4 is 10.2 Å². The molecule has 0 bridgehead atoms. The number of anilines is 2. The van der Waals surface area contributed by atoms with E-state index in [9.17, 15) is 19.2 Å². The Morgan fingerprint density at radius 3 is 2.64 bits per heavy atom. The number of halogens is 1. The lowest BCUT2D eigenvalue weighted by molar-refractivity contribution is -0.116. The number of amides is 2. The zero-order valence-corrected chi connectivity index (χ0v) is 14.4. The Kier molecular flexibility index (Phi) is 5.98. The monoisotopic (exact) mass is 358 g/mol. The Morgan fingerprint density at radius 2 is 2.08 bits per heavy atom. The lowest BCUT2D eigenvalue weighted by Crippen LogP contribution is -2.27. The second kappa shape index (κ2) is 8.17. The van der Waals surface area contributed by atoms with Gasteiger partial charge in [0.1, 0.15) is 17.5 Å². The van der Waals surface area contributed by atoms with Crippen LogP contribution in [0, 0.1) is 17.1 Å². The van der Waals surface area contributed by atoms with Gasteiger partial charge in [-0.2, -0.15) is 5.26 Å². The van der Waals surface area contributed by atoms with Crippen molar-refractivity contribution >= 4 is 40.0 Å². The average Bonchev–Trinajstić information content (AvgIpc) is 3.03. The molecule has 0 radical (unpaired) electrons. The Balaban J connectivity index is 2.18. The van der Waals surface area contributed by atoms with Crippen LogP contribution in [-0.2, 0) is 9.59 Å². The van der Waals surface area contributed by atoms with Gasteiger partial charge in [0.05, 0.1) is 5.69 Å². The molecule has 2 rings (SSSR count). The van der Waals surface area contributed by atoms with E-state index in [0.29, 0.717) is 23.1 Å². The molecule has 0 aliphatic carbocycles. The summed E-state index contributed by atoms with van der Waals surface area (Å²) in [6.07, 6.45) is 1.34. The number of nitrogens with one attached hydrogen (secondary N) is 1. The third-order valence-corrected chi connectivity index (χ3v) is 4.08. The zero-order chi connectivity index (χ0) is 18.4. The minimum absolute atomic E-state index is 0.137. The zero-order valence-electron chi connectivity index (χ0n) is 13.6. The van der Waals surface area contributed by atoms with Crippen LogP contribution in [0.5, 0.6) is 0 Å². The van der Waals surface area contributed by atoms with E-state index in [0.717, 1.165) is 0 Å². The normalized spacial score (nSPS) is 10.9. The minimum Gasteiger partial charge on any atom is -0.321 e. The molecule has 2 amide bonds. The van der Waals surface area contributed by atoms with Gasteiger partial charge in [0, 0.05) is 24.5 Å². The summed E-state index contributed by atoms with van der Waals surface area (Å²) in [7, 11) is 0. The molecule has 0 fully saturated rings. The van der Waals surface area contributed by atoms with Gasteiger partial charge in [-0.15, -0.1) is 11.3 Å². The van der Waals surface area contributed by atoms with Crippen LogP contribution in [0.25, 0.3) is 6.08 Å². The van der Waals surface area contributed by atoms with E-state index < -0.39 is 11.7 Å². The standard InChI is InChI=1S/C17H15FN4O2S/c1-3-22(11(2)23)17-21-15(10-25-17)8-12(9-19)16(24)20-14-6-4-13(18)5-7-14/h4-8,10H,3H2,1-2H3,(H,20,24)/b12-8+. The number of carbonyl (C=O) groups excluding carboxylic acids is 2. The summed E-state index contributed by atoms with van der Waals surface area (Å²) in [6, 6.07) is 7.03. The number of thiazole rings is 1.